The van der Waals surface area contributed by atoms with Gasteiger partial charge in [-0.25, -0.2) is 4.39 Å². The molecule has 1 N–H and O–H groups in total. The Bertz CT molecular complexity index is 1150. The number of hydrogen-bond donors (Lipinski definition) is 1. The minimum Gasteiger partial charge on any atom is -0.329 e. The van der Waals surface area contributed by atoms with Crippen molar-refractivity contribution in [3.63, 3.8) is 0 Å². The third-order valence-electron chi connectivity index (χ3n) is 7.26. The predicted molar refractivity (Wildman–Crippen MR) is 114 cm³/mol. The van der Waals surface area contributed by atoms with Crippen molar-refractivity contribution in [2.75, 3.05) is 11.9 Å². The highest BCUT2D eigenvalue weighted by Gasteiger charge is 2.67. The maximum absolute atomic E-state index is 14.3. The van der Waals surface area contributed by atoms with Crippen LogP contribution in [0.3, 0.4) is 0 Å². The number of nitrogens with one attached hydrogen (secondary N) is 1. The number of hydrogen-bond acceptors (Lipinski definition) is 3. The number of carbonyl (C=O) groups excluding carboxylic acids is 3. The molecule has 158 valence electrons. The van der Waals surface area contributed by atoms with Crippen molar-refractivity contribution in [3.05, 3.63) is 63.9 Å². The van der Waals surface area contributed by atoms with Crippen LogP contribution in [-0.4, -0.2) is 46.1 Å². The largest absolute Gasteiger partial charge is 0.329 e. The number of carbonyl (C=O) groups is 3. The average molecular weight is 484 g/mol. The zero-order chi connectivity index (χ0) is 21.5. The third kappa shape index (κ3) is 2.39. The number of halogens is 2. The van der Waals surface area contributed by atoms with E-state index in [1.165, 1.54) is 12.1 Å². The Labute approximate surface area is 186 Å². The van der Waals surface area contributed by atoms with Gasteiger partial charge in [-0.3, -0.25) is 14.4 Å². The minimum atomic E-state index is -1.22. The first-order chi connectivity index (χ1) is 14.9. The molecule has 3 saturated heterocycles. The van der Waals surface area contributed by atoms with Gasteiger partial charge in [0.15, 0.2) is 0 Å². The van der Waals surface area contributed by atoms with Crippen molar-refractivity contribution in [2.24, 2.45) is 0 Å². The van der Waals surface area contributed by atoms with Crippen LogP contribution in [0.25, 0.3) is 0 Å². The number of piperazine rings is 1. The molecular formula is C23H19BrFN3O3. The summed E-state index contributed by atoms with van der Waals surface area (Å²) in [6.07, 6.45) is 1.57. The van der Waals surface area contributed by atoms with Gasteiger partial charge < -0.3 is 15.1 Å². The normalized spacial score (nSPS) is 31.2. The summed E-state index contributed by atoms with van der Waals surface area (Å²) in [6, 6.07) is 9.76. The van der Waals surface area contributed by atoms with Crippen LogP contribution < -0.4 is 5.32 Å². The summed E-state index contributed by atoms with van der Waals surface area (Å²) in [5.74, 6) is -0.980. The summed E-state index contributed by atoms with van der Waals surface area (Å²) in [6.45, 7) is 0.562. The van der Waals surface area contributed by atoms with E-state index in [9.17, 15) is 18.8 Å². The van der Waals surface area contributed by atoms with E-state index in [0.29, 0.717) is 24.2 Å². The lowest BCUT2D eigenvalue weighted by Crippen LogP contribution is -2.61. The smallest absolute Gasteiger partial charge is 0.246 e. The van der Waals surface area contributed by atoms with E-state index >= 15 is 0 Å². The Hall–Kier alpha value is -2.74. The number of amides is 3. The van der Waals surface area contributed by atoms with E-state index in [0.717, 1.165) is 16.5 Å². The van der Waals surface area contributed by atoms with E-state index in [-0.39, 0.29) is 24.1 Å². The molecule has 0 aliphatic carbocycles. The summed E-state index contributed by atoms with van der Waals surface area (Å²) < 4.78 is 15.2. The molecule has 6 nitrogen and oxygen atoms in total. The first-order valence-corrected chi connectivity index (χ1v) is 11.2. The van der Waals surface area contributed by atoms with Gasteiger partial charge in [0.25, 0.3) is 0 Å². The van der Waals surface area contributed by atoms with E-state index in [1.54, 1.807) is 15.9 Å². The van der Waals surface area contributed by atoms with Gasteiger partial charge in [-0.15, -0.1) is 0 Å². The lowest BCUT2D eigenvalue weighted by atomic mass is 9.72. The Morgan fingerprint density at radius 3 is 2.58 bits per heavy atom. The predicted octanol–water partition coefficient (Wildman–Crippen LogP) is 3.12. The van der Waals surface area contributed by atoms with Crippen LogP contribution in [-0.2, 0) is 19.8 Å². The summed E-state index contributed by atoms with van der Waals surface area (Å²) in [4.78, 5) is 43.8. The van der Waals surface area contributed by atoms with Crippen LogP contribution in [0.4, 0.5) is 10.1 Å². The van der Waals surface area contributed by atoms with Gasteiger partial charge in [0.05, 0.1) is 6.04 Å². The summed E-state index contributed by atoms with van der Waals surface area (Å²) in [5.41, 5.74) is 0.584. The number of fused-ring (bicyclic) bond motifs is 4. The van der Waals surface area contributed by atoms with Crippen molar-refractivity contribution in [3.8, 4) is 0 Å². The number of benzene rings is 2. The van der Waals surface area contributed by atoms with E-state index < -0.39 is 29.4 Å². The zero-order valence-electron chi connectivity index (χ0n) is 16.5. The van der Waals surface area contributed by atoms with Gasteiger partial charge in [-0.2, -0.15) is 0 Å². The zero-order valence-corrected chi connectivity index (χ0v) is 18.1. The Kier molecular flexibility index (Phi) is 3.91. The molecule has 0 unspecified atom stereocenters. The Balaban J connectivity index is 1.59. The standard InChI is InChI=1S/C23H19BrFN3O3/c24-13-5-3-12(4-6-13)19-23(15-10-14(25)7-8-16(15)26-22(23)31)11-18-20(29)27-9-1-2-17(27)21(30)28(18)19/h3-8,10,17-19H,1-2,9,11H2,(H,26,31)/t17-,18-,19-,23+/m0/s1. The van der Waals surface area contributed by atoms with Crippen LogP contribution in [0.1, 0.15) is 36.4 Å². The first-order valence-electron chi connectivity index (χ1n) is 10.4. The molecule has 6 rings (SSSR count). The number of nitrogens with zero attached hydrogens (tertiary/aromatic N) is 2. The molecule has 4 heterocycles. The molecule has 4 aliphatic rings. The fraction of sp³-hybridized carbons (Fsp3) is 0.348. The summed E-state index contributed by atoms with van der Waals surface area (Å²) >= 11 is 3.43. The fourth-order valence-corrected chi connectivity index (χ4v) is 6.25. The lowest BCUT2D eigenvalue weighted by molar-refractivity contribution is -0.159. The summed E-state index contributed by atoms with van der Waals surface area (Å²) in [5, 5.41) is 2.88. The molecule has 4 atom stereocenters. The fourth-order valence-electron chi connectivity index (χ4n) is 5.99. The molecule has 31 heavy (non-hydrogen) atoms. The third-order valence-corrected chi connectivity index (χ3v) is 7.79. The van der Waals surface area contributed by atoms with E-state index in [4.69, 9.17) is 0 Å². The second-order valence-electron chi connectivity index (χ2n) is 8.72. The van der Waals surface area contributed by atoms with Crippen LogP contribution in [0.15, 0.2) is 46.9 Å². The molecular weight excluding hydrogens is 465 g/mol. The first kappa shape index (κ1) is 19.0. The molecule has 0 saturated carbocycles. The van der Waals surface area contributed by atoms with E-state index in [2.05, 4.69) is 21.2 Å². The maximum Gasteiger partial charge on any atom is 0.246 e. The maximum atomic E-state index is 14.3. The molecule has 2 aromatic rings. The topological polar surface area (TPSA) is 69.7 Å². The summed E-state index contributed by atoms with van der Waals surface area (Å²) in [7, 11) is 0. The van der Waals surface area contributed by atoms with Gasteiger partial charge in [-0.1, -0.05) is 28.1 Å². The van der Waals surface area contributed by atoms with Gasteiger partial charge in [0.2, 0.25) is 17.7 Å². The highest BCUT2D eigenvalue weighted by atomic mass is 79.9. The molecule has 2 aromatic carbocycles. The average Bonchev–Trinajstić information content (AvgIpc) is 3.44. The van der Waals surface area contributed by atoms with Gasteiger partial charge >= 0.3 is 0 Å². The molecule has 0 radical (unpaired) electrons. The van der Waals surface area contributed by atoms with Crippen molar-refractivity contribution >= 4 is 39.3 Å². The highest BCUT2D eigenvalue weighted by Crippen LogP contribution is 2.58. The quantitative estimate of drug-likeness (QED) is 0.677. The van der Waals surface area contributed by atoms with Crippen molar-refractivity contribution in [1.82, 2.24) is 9.80 Å². The molecule has 3 fully saturated rings. The number of anilines is 1. The van der Waals surface area contributed by atoms with Crippen molar-refractivity contribution in [1.29, 1.82) is 0 Å². The molecule has 8 heteroatoms. The van der Waals surface area contributed by atoms with Crippen LogP contribution >= 0.6 is 15.9 Å². The molecule has 0 aromatic heterocycles. The van der Waals surface area contributed by atoms with Gasteiger partial charge in [0.1, 0.15) is 23.3 Å². The molecule has 1 spiro atoms. The Morgan fingerprint density at radius 2 is 1.81 bits per heavy atom. The second-order valence-corrected chi connectivity index (χ2v) is 9.64. The van der Waals surface area contributed by atoms with Gasteiger partial charge in [-0.05, 0) is 60.7 Å². The van der Waals surface area contributed by atoms with Crippen molar-refractivity contribution < 1.29 is 18.8 Å². The van der Waals surface area contributed by atoms with Gasteiger partial charge in [0, 0.05) is 16.7 Å². The molecule has 4 aliphatic heterocycles. The highest BCUT2D eigenvalue weighted by molar-refractivity contribution is 9.10. The van der Waals surface area contributed by atoms with Crippen LogP contribution in [0, 0.1) is 5.82 Å². The van der Waals surface area contributed by atoms with Crippen LogP contribution in [0.5, 0.6) is 0 Å². The molecule has 0 bridgehead atoms. The minimum absolute atomic E-state index is 0.112. The van der Waals surface area contributed by atoms with Crippen LogP contribution in [0.2, 0.25) is 0 Å². The van der Waals surface area contributed by atoms with E-state index in [1.807, 2.05) is 24.3 Å². The Morgan fingerprint density at radius 1 is 1.03 bits per heavy atom. The monoisotopic (exact) mass is 483 g/mol. The molecule has 3 amide bonds. The lowest BCUT2D eigenvalue weighted by Gasteiger charge is -2.42. The van der Waals surface area contributed by atoms with Crippen molar-refractivity contribution in [2.45, 2.75) is 42.8 Å². The SMILES string of the molecule is O=C1[C@@H]2C[C@]3(C(=O)Nc4ccc(F)cc43)[C@H](c3ccc(Br)cc3)N2C(=O)[C@@H]2CCCN12. The number of rotatable bonds is 1. The second kappa shape index (κ2) is 6.38.